The van der Waals surface area contributed by atoms with E-state index >= 15 is 0 Å². The lowest BCUT2D eigenvalue weighted by Crippen LogP contribution is -2.26. The fourth-order valence-corrected chi connectivity index (χ4v) is 3.04. The smallest absolute Gasteiger partial charge is 0.264 e. The third kappa shape index (κ3) is 4.89. The van der Waals surface area contributed by atoms with E-state index < -0.39 is 10.0 Å². The Morgan fingerprint density at radius 1 is 1.27 bits per heavy atom. The van der Waals surface area contributed by atoms with Crippen molar-refractivity contribution in [1.82, 2.24) is 5.32 Å². The number of nitrogens with zero attached hydrogens (tertiary/aromatic N) is 3. The second-order valence-corrected chi connectivity index (χ2v) is 7.16. The highest BCUT2D eigenvalue weighted by atomic mass is 35.5. The predicted octanol–water partition coefficient (Wildman–Crippen LogP) is 3.32. The molecular weight excluding hydrogens is 380 g/mol. The van der Waals surface area contributed by atoms with Crippen LogP contribution in [-0.2, 0) is 16.4 Å². The Balaban J connectivity index is 1.99. The Morgan fingerprint density at radius 2 is 1.96 bits per heavy atom. The van der Waals surface area contributed by atoms with Crippen LogP contribution < -0.4 is 10.1 Å². The molecule has 26 heavy (non-hydrogen) atoms. The Hall–Kier alpha value is -2.74. The van der Waals surface area contributed by atoms with Crippen LogP contribution in [0.1, 0.15) is 15.9 Å². The number of sulfonamides is 1. The number of hydrogen-bond donors (Lipinski definition) is 1. The van der Waals surface area contributed by atoms with Gasteiger partial charge in [0, 0.05) is 21.0 Å². The van der Waals surface area contributed by atoms with E-state index in [2.05, 4.69) is 14.7 Å². The molecule has 0 spiro atoms. The average Bonchev–Trinajstić information content (AvgIpc) is 2.62. The number of halogens is 1. The summed E-state index contributed by atoms with van der Waals surface area (Å²) in [4.78, 5) is 14.5. The Labute approximate surface area is 155 Å². The monoisotopic (exact) mass is 394 g/mol. The zero-order valence-electron chi connectivity index (χ0n) is 13.7. The first-order valence-electron chi connectivity index (χ1n) is 7.39. The largest absolute Gasteiger partial charge is 0.496 e. The zero-order chi connectivity index (χ0) is 19.2. The van der Waals surface area contributed by atoms with E-state index in [1.54, 1.807) is 24.3 Å². The maximum atomic E-state index is 12.2. The van der Waals surface area contributed by atoms with Gasteiger partial charge in [-0.2, -0.15) is 0 Å². The molecule has 0 radical (unpaired) electrons. The van der Waals surface area contributed by atoms with Gasteiger partial charge in [0.15, 0.2) is 0 Å². The van der Waals surface area contributed by atoms with Gasteiger partial charge in [0.25, 0.3) is 15.9 Å². The molecule has 10 heteroatoms. The van der Waals surface area contributed by atoms with Gasteiger partial charge in [-0.15, -0.1) is 0 Å². The van der Waals surface area contributed by atoms with Gasteiger partial charge in [-0.1, -0.05) is 23.7 Å². The normalized spacial score (nSPS) is 10.7. The molecule has 8 nitrogen and oxygen atoms in total. The third-order valence-electron chi connectivity index (χ3n) is 3.47. The van der Waals surface area contributed by atoms with Crippen LogP contribution in [0.25, 0.3) is 10.4 Å². The average molecular weight is 395 g/mol. The van der Waals surface area contributed by atoms with Crippen molar-refractivity contribution in [2.75, 3.05) is 13.7 Å². The van der Waals surface area contributed by atoms with Crippen LogP contribution in [0, 0.1) is 0 Å². The Morgan fingerprint density at radius 3 is 2.58 bits per heavy atom. The minimum absolute atomic E-state index is 0.0910. The summed E-state index contributed by atoms with van der Waals surface area (Å²) < 4.78 is 31.1. The summed E-state index contributed by atoms with van der Waals surface area (Å²) >= 11 is 5.91. The summed E-state index contributed by atoms with van der Waals surface area (Å²) in [6.45, 7) is 0.330. The Bertz CT molecular complexity index is 955. The van der Waals surface area contributed by atoms with Crippen molar-refractivity contribution in [3.63, 3.8) is 0 Å². The topological polar surface area (TPSA) is 121 Å². The molecule has 2 aromatic rings. The van der Waals surface area contributed by atoms with Crippen LogP contribution >= 0.6 is 11.6 Å². The quantitative estimate of drug-likeness (QED) is 0.439. The summed E-state index contributed by atoms with van der Waals surface area (Å²) in [5.41, 5.74) is 9.39. The molecule has 0 aliphatic rings. The van der Waals surface area contributed by atoms with E-state index in [1.807, 2.05) is 0 Å². The molecule has 0 aliphatic heterocycles. The van der Waals surface area contributed by atoms with Gasteiger partial charge in [0.05, 0.1) is 17.6 Å². The number of carbonyl (C=O) groups excluding carboxylic acids is 1. The van der Waals surface area contributed by atoms with Crippen LogP contribution in [-0.4, -0.2) is 28.0 Å². The number of rotatable bonds is 7. The molecule has 0 bridgehead atoms. The highest BCUT2D eigenvalue weighted by Crippen LogP contribution is 2.22. The molecule has 2 aromatic carbocycles. The van der Waals surface area contributed by atoms with Crippen molar-refractivity contribution in [3.05, 3.63) is 69.1 Å². The second kappa shape index (κ2) is 8.57. The minimum atomic E-state index is -4.00. The molecule has 1 amide bonds. The van der Waals surface area contributed by atoms with Gasteiger partial charge < -0.3 is 10.1 Å². The number of azide groups is 1. The zero-order valence-corrected chi connectivity index (χ0v) is 15.3. The fourth-order valence-electron chi connectivity index (χ4n) is 2.20. The summed E-state index contributed by atoms with van der Waals surface area (Å²) in [7, 11) is -2.53. The van der Waals surface area contributed by atoms with E-state index in [0.29, 0.717) is 29.3 Å². The maximum Gasteiger partial charge on any atom is 0.264 e. The van der Waals surface area contributed by atoms with E-state index in [4.69, 9.17) is 21.9 Å². The summed E-state index contributed by atoms with van der Waals surface area (Å²) in [5.74, 6) is 0.0893. The van der Waals surface area contributed by atoms with Crippen LogP contribution in [0.5, 0.6) is 5.75 Å². The number of ether oxygens (including phenoxy) is 1. The maximum absolute atomic E-state index is 12.2. The summed E-state index contributed by atoms with van der Waals surface area (Å²) in [6.07, 6.45) is 0.483. The SMILES string of the molecule is COc1ccc(Cl)cc1C(=O)NCCc1ccc(S(=O)(=O)N=[N+]=[N-])cc1. The van der Waals surface area contributed by atoms with Gasteiger partial charge in [-0.05, 0) is 47.8 Å². The lowest BCUT2D eigenvalue weighted by molar-refractivity contribution is 0.0951. The van der Waals surface area contributed by atoms with Crippen molar-refractivity contribution < 1.29 is 17.9 Å². The predicted molar refractivity (Wildman–Crippen MR) is 96.8 cm³/mol. The number of benzene rings is 2. The summed E-state index contributed by atoms with van der Waals surface area (Å²) in [6, 6.07) is 10.6. The van der Waals surface area contributed by atoms with Gasteiger partial charge >= 0.3 is 0 Å². The molecule has 136 valence electrons. The first-order valence-corrected chi connectivity index (χ1v) is 9.21. The number of nitrogens with one attached hydrogen (secondary N) is 1. The van der Waals surface area contributed by atoms with Gasteiger partial charge in [0.1, 0.15) is 5.75 Å². The second-order valence-electron chi connectivity index (χ2n) is 5.14. The lowest BCUT2D eigenvalue weighted by Gasteiger charge is -2.10. The molecule has 0 heterocycles. The molecule has 0 aromatic heterocycles. The van der Waals surface area contributed by atoms with Gasteiger partial charge in [-0.25, -0.2) is 8.42 Å². The number of carbonyl (C=O) groups is 1. The van der Waals surface area contributed by atoms with Crippen LogP contribution in [0.4, 0.5) is 0 Å². The van der Waals surface area contributed by atoms with Crippen LogP contribution in [0.15, 0.2) is 51.9 Å². The molecule has 1 N–H and O–H groups in total. The molecule has 0 aliphatic carbocycles. The standard InChI is InChI=1S/C16H15ClN4O4S/c1-25-15-7-4-12(17)10-14(15)16(22)19-9-8-11-2-5-13(6-3-11)26(23,24)21-20-18/h2-7,10H,8-9H2,1H3,(H,19,22). The van der Waals surface area contributed by atoms with Gasteiger partial charge in [-0.3, -0.25) is 4.79 Å². The van der Waals surface area contributed by atoms with Crippen molar-refractivity contribution in [1.29, 1.82) is 0 Å². The van der Waals surface area contributed by atoms with E-state index in [9.17, 15) is 13.2 Å². The number of hydrogen-bond acceptors (Lipinski definition) is 4. The molecule has 0 saturated heterocycles. The minimum Gasteiger partial charge on any atom is -0.496 e. The molecule has 0 unspecified atom stereocenters. The van der Waals surface area contributed by atoms with Crippen molar-refractivity contribution >= 4 is 27.5 Å². The van der Waals surface area contributed by atoms with Crippen LogP contribution in [0.2, 0.25) is 5.02 Å². The highest BCUT2D eigenvalue weighted by Gasteiger charge is 2.13. The van der Waals surface area contributed by atoms with Crippen LogP contribution in [0.3, 0.4) is 0 Å². The van der Waals surface area contributed by atoms with E-state index in [1.165, 1.54) is 25.3 Å². The highest BCUT2D eigenvalue weighted by molar-refractivity contribution is 7.90. The molecule has 0 saturated carbocycles. The molecule has 0 fully saturated rings. The van der Waals surface area contributed by atoms with Crippen molar-refractivity contribution in [2.24, 2.45) is 4.52 Å². The number of methoxy groups -OCH3 is 1. The first-order chi connectivity index (χ1) is 12.4. The van der Waals surface area contributed by atoms with E-state index in [-0.39, 0.29) is 10.8 Å². The number of amides is 1. The van der Waals surface area contributed by atoms with Crippen molar-refractivity contribution in [2.45, 2.75) is 11.3 Å². The van der Waals surface area contributed by atoms with Crippen molar-refractivity contribution in [3.8, 4) is 5.75 Å². The Kier molecular flexibility index (Phi) is 6.46. The van der Waals surface area contributed by atoms with E-state index in [0.717, 1.165) is 5.56 Å². The molecule has 0 atom stereocenters. The molecule has 2 rings (SSSR count). The van der Waals surface area contributed by atoms with Gasteiger partial charge in [0.2, 0.25) is 0 Å². The first kappa shape index (κ1) is 19.6. The third-order valence-corrected chi connectivity index (χ3v) is 4.86. The lowest BCUT2D eigenvalue weighted by atomic mass is 10.1. The summed E-state index contributed by atoms with van der Waals surface area (Å²) in [5, 5.41) is 3.18. The fraction of sp³-hybridized carbons (Fsp3) is 0.188. The molecular formula is C16H15ClN4O4S.